The SMILES string of the molecule is CCC[CH2][Sn].c1cscn1. The predicted octanol–water partition coefficient (Wildman–Crippen LogP) is 2.52. The van der Waals surface area contributed by atoms with E-state index >= 15 is 0 Å². The van der Waals surface area contributed by atoms with Gasteiger partial charge in [0, 0.05) is 11.6 Å². The van der Waals surface area contributed by atoms with E-state index in [9.17, 15) is 0 Å². The van der Waals surface area contributed by atoms with Crippen LogP contribution < -0.4 is 0 Å². The van der Waals surface area contributed by atoms with Crippen LogP contribution in [0.3, 0.4) is 0 Å². The average molecular weight is 261 g/mol. The van der Waals surface area contributed by atoms with Gasteiger partial charge >= 0.3 is 46.7 Å². The molecule has 3 radical (unpaired) electrons. The smallest absolute Gasteiger partial charge is 0.0791 e. The second-order valence-corrected chi connectivity index (χ2v) is 3.96. The standard InChI is InChI=1S/C4H9.C3H3NS.Sn/c1-3-4-2;1-2-5-3-4-1;/h1,3-4H2,2H3;1-3H;. The van der Waals surface area contributed by atoms with Crippen molar-refractivity contribution < 1.29 is 0 Å². The fourth-order valence-corrected chi connectivity index (χ4v) is 1.71. The summed E-state index contributed by atoms with van der Waals surface area (Å²) in [7, 11) is 0. The van der Waals surface area contributed by atoms with Gasteiger partial charge in [-0.3, -0.25) is 4.98 Å². The maximum atomic E-state index is 3.74. The van der Waals surface area contributed by atoms with Crippen LogP contribution in [-0.4, -0.2) is 27.5 Å². The molecule has 0 bridgehead atoms. The van der Waals surface area contributed by atoms with Crippen molar-refractivity contribution in [3.8, 4) is 0 Å². The third-order valence-electron chi connectivity index (χ3n) is 0.878. The van der Waals surface area contributed by atoms with Crippen LogP contribution in [0.25, 0.3) is 0 Å². The Balaban J connectivity index is 0.000000162. The Morgan fingerprint density at radius 3 is 2.50 bits per heavy atom. The van der Waals surface area contributed by atoms with Gasteiger partial charge in [-0.25, -0.2) is 0 Å². The summed E-state index contributed by atoms with van der Waals surface area (Å²) in [5.41, 5.74) is 1.79. The van der Waals surface area contributed by atoms with E-state index in [-0.39, 0.29) is 0 Å². The van der Waals surface area contributed by atoms with Gasteiger partial charge in [0.1, 0.15) is 0 Å². The maximum Gasteiger partial charge on any atom is 0.0791 e. The van der Waals surface area contributed by atoms with Crippen molar-refractivity contribution in [3.63, 3.8) is 0 Å². The van der Waals surface area contributed by atoms with E-state index in [0.29, 0.717) is 0 Å². The van der Waals surface area contributed by atoms with E-state index in [4.69, 9.17) is 0 Å². The molecule has 0 fully saturated rings. The first-order valence-electron chi connectivity index (χ1n) is 3.38. The Hall–Kier alpha value is 0.429. The van der Waals surface area contributed by atoms with Crippen LogP contribution in [0.2, 0.25) is 4.44 Å². The Morgan fingerprint density at radius 1 is 1.60 bits per heavy atom. The summed E-state index contributed by atoms with van der Waals surface area (Å²) in [4.78, 5) is 3.74. The van der Waals surface area contributed by atoms with Crippen LogP contribution in [-0.2, 0) is 0 Å². The quantitative estimate of drug-likeness (QED) is 0.745. The molecule has 0 aromatic carbocycles. The molecule has 0 amide bonds. The molecule has 0 aliphatic rings. The molecule has 0 unspecified atom stereocenters. The number of rotatable bonds is 2. The summed E-state index contributed by atoms with van der Waals surface area (Å²) >= 11 is 3.29. The molecule has 1 aromatic rings. The molecule has 0 aliphatic heterocycles. The largest absolute Gasteiger partial charge is 0.253 e. The number of hydrogen-bond acceptors (Lipinski definition) is 2. The molecular weight excluding hydrogens is 249 g/mol. The van der Waals surface area contributed by atoms with Crippen LogP contribution >= 0.6 is 11.3 Å². The van der Waals surface area contributed by atoms with E-state index < -0.39 is 0 Å². The first kappa shape index (κ1) is 10.4. The third kappa shape index (κ3) is 8.43. The number of aromatic nitrogens is 1. The molecule has 0 atom stereocenters. The summed E-state index contributed by atoms with van der Waals surface area (Å²) in [5, 5.41) is 1.93. The first-order chi connectivity index (χ1) is 4.91. The van der Waals surface area contributed by atoms with Crippen LogP contribution in [0, 0.1) is 0 Å². The van der Waals surface area contributed by atoms with E-state index in [1.165, 1.54) is 17.3 Å². The van der Waals surface area contributed by atoms with Gasteiger partial charge < -0.3 is 0 Å². The number of thiazole rings is 1. The van der Waals surface area contributed by atoms with E-state index in [1.54, 1.807) is 45.6 Å². The van der Waals surface area contributed by atoms with Crippen LogP contribution in [0.5, 0.6) is 0 Å². The Bertz CT molecular complexity index is 99.9. The Morgan fingerprint density at radius 2 is 2.40 bits per heavy atom. The van der Waals surface area contributed by atoms with Gasteiger partial charge in [-0.2, -0.15) is 0 Å². The molecule has 0 aliphatic carbocycles. The molecule has 0 N–H and O–H groups in total. The molecule has 1 heterocycles. The number of hydrogen-bond donors (Lipinski definition) is 0. The second-order valence-electron chi connectivity index (χ2n) is 1.78. The molecular formula is C7H12NSSn. The van der Waals surface area contributed by atoms with Gasteiger partial charge in [0.2, 0.25) is 0 Å². The molecule has 1 rings (SSSR count). The van der Waals surface area contributed by atoms with Crippen molar-refractivity contribution in [2.24, 2.45) is 0 Å². The fraction of sp³-hybridized carbons (Fsp3) is 0.571. The molecule has 55 valence electrons. The van der Waals surface area contributed by atoms with Crippen LogP contribution in [0.1, 0.15) is 19.8 Å². The summed E-state index contributed by atoms with van der Waals surface area (Å²) in [6.07, 6.45) is 4.56. The summed E-state index contributed by atoms with van der Waals surface area (Å²) < 4.78 is 1.43. The van der Waals surface area contributed by atoms with Gasteiger partial charge in [0.25, 0.3) is 0 Å². The van der Waals surface area contributed by atoms with Crippen molar-refractivity contribution in [1.82, 2.24) is 4.98 Å². The zero-order valence-corrected chi connectivity index (χ0v) is 9.88. The van der Waals surface area contributed by atoms with Crippen molar-refractivity contribution in [2.75, 3.05) is 0 Å². The van der Waals surface area contributed by atoms with Crippen molar-refractivity contribution in [3.05, 3.63) is 17.1 Å². The molecule has 3 heteroatoms. The Kier molecular flexibility index (Phi) is 9.83. The summed E-state index contributed by atoms with van der Waals surface area (Å²) in [5.74, 6) is 0. The molecule has 10 heavy (non-hydrogen) atoms. The minimum atomic E-state index is 1.37. The van der Waals surface area contributed by atoms with E-state index in [2.05, 4.69) is 11.9 Å². The molecule has 1 aromatic heterocycles. The first-order valence-corrected chi connectivity index (χ1v) is 6.34. The van der Waals surface area contributed by atoms with Gasteiger partial charge in [-0.05, 0) is 0 Å². The normalized spacial score (nSPS) is 8.20. The maximum absolute atomic E-state index is 3.74. The van der Waals surface area contributed by atoms with Crippen molar-refractivity contribution >= 4 is 33.9 Å². The monoisotopic (exact) mass is 262 g/mol. The third-order valence-corrected chi connectivity index (χ3v) is 2.41. The number of unbranched alkanes of at least 4 members (excludes halogenated alkanes) is 1. The second kappa shape index (κ2) is 9.43. The predicted molar refractivity (Wildman–Crippen MR) is 47.6 cm³/mol. The van der Waals surface area contributed by atoms with Gasteiger partial charge in [0.15, 0.2) is 0 Å². The van der Waals surface area contributed by atoms with Crippen molar-refractivity contribution in [1.29, 1.82) is 0 Å². The van der Waals surface area contributed by atoms with Gasteiger partial charge in [0.05, 0.1) is 5.51 Å². The van der Waals surface area contributed by atoms with Gasteiger partial charge in [-0.1, -0.05) is 0 Å². The summed E-state index contributed by atoms with van der Waals surface area (Å²) in [6.45, 7) is 2.23. The summed E-state index contributed by atoms with van der Waals surface area (Å²) in [6, 6.07) is 0. The van der Waals surface area contributed by atoms with E-state index in [1.807, 2.05) is 5.38 Å². The van der Waals surface area contributed by atoms with Crippen molar-refractivity contribution in [2.45, 2.75) is 24.2 Å². The average Bonchev–Trinajstić information content (AvgIpc) is 2.44. The van der Waals surface area contributed by atoms with Crippen LogP contribution in [0.4, 0.5) is 0 Å². The molecule has 0 spiro atoms. The van der Waals surface area contributed by atoms with Gasteiger partial charge in [-0.15, -0.1) is 11.3 Å². The zero-order chi connectivity index (χ0) is 7.66. The van der Waals surface area contributed by atoms with E-state index in [0.717, 1.165) is 0 Å². The molecule has 0 saturated carbocycles. The minimum Gasteiger partial charge on any atom is -0.253 e. The molecule has 0 saturated heterocycles. The Labute approximate surface area is 80.0 Å². The topological polar surface area (TPSA) is 12.9 Å². The van der Waals surface area contributed by atoms with Crippen LogP contribution in [0.15, 0.2) is 17.1 Å². The minimum absolute atomic E-state index is 1.37. The fourth-order valence-electron chi connectivity index (χ4n) is 0.352. The zero-order valence-electron chi connectivity index (χ0n) is 6.21. The molecule has 1 nitrogen and oxygen atoms in total. The number of nitrogens with zero attached hydrogens (tertiary/aromatic N) is 1.